The molecule has 4 nitrogen and oxygen atoms in total. The van der Waals surface area contributed by atoms with Gasteiger partial charge >= 0.3 is 6.03 Å². The lowest BCUT2D eigenvalue weighted by Gasteiger charge is -2.37. The number of hydrogen-bond donors (Lipinski definition) is 1. The van der Waals surface area contributed by atoms with E-state index in [1.165, 1.54) is 11.3 Å². The number of carbonyl (C=O) groups is 1. The zero-order chi connectivity index (χ0) is 16.1. The molecule has 0 saturated carbocycles. The van der Waals surface area contributed by atoms with Crippen molar-refractivity contribution in [1.29, 1.82) is 0 Å². The summed E-state index contributed by atoms with van der Waals surface area (Å²) in [5.74, 6) is 0. The largest absolute Gasteiger partial charge is 0.368 e. The molecule has 0 aliphatic carbocycles. The van der Waals surface area contributed by atoms with Crippen LogP contribution in [0.1, 0.15) is 12.5 Å². The van der Waals surface area contributed by atoms with Crippen molar-refractivity contribution in [3.63, 3.8) is 0 Å². The molecule has 120 valence electrons. The molecule has 2 amide bonds. The van der Waals surface area contributed by atoms with Gasteiger partial charge in [-0.1, -0.05) is 43.3 Å². The number of amides is 2. The Morgan fingerprint density at radius 3 is 2.30 bits per heavy atom. The van der Waals surface area contributed by atoms with Gasteiger partial charge in [0.1, 0.15) is 0 Å². The molecule has 0 atom stereocenters. The summed E-state index contributed by atoms with van der Waals surface area (Å²) in [4.78, 5) is 16.6. The number of hydrogen-bond acceptors (Lipinski definition) is 2. The summed E-state index contributed by atoms with van der Waals surface area (Å²) in [6.07, 6.45) is 1.03. The molecule has 1 fully saturated rings. The van der Waals surface area contributed by atoms with Gasteiger partial charge in [0.05, 0.1) is 0 Å². The Kier molecular flexibility index (Phi) is 4.81. The number of aryl methyl sites for hydroxylation is 1. The summed E-state index contributed by atoms with van der Waals surface area (Å²) in [5, 5.41) is 2.96. The van der Waals surface area contributed by atoms with Crippen molar-refractivity contribution in [3.05, 3.63) is 60.2 Å². The van der Waals surface area contributed by atoms with Gasteiger partial charge in [-0.3, -0.25) is 0 Å². The van der Waals surface area contributed by atoms with Gasteiger partial charge < -0.3 is 15.1 Å². The molecule has 1 saturated heterocycles. The van der Waals surface area contributed by atoms with Gasteiger partial charge in [0.2, 0.25) is 0 Å². The van der Waals surface area contributed by atoms with E-state index < -0.39 is 0 Å². The molecule has 23 heavy (non-hydrogen) atoms. The van der Waals surface area contributed by atoms with Crippen molar-refractivity contribution in [2.75, 3.05) is 36.4 Å². The lowest BCUT2D eigenvalue weighted by atomic mass is 10.1. The highest BCUT2D eigenvalue weighted by atomic mass is 16.2. The number of benzene rings is 2. The lowest BCUT2D eigenvalue weighted by Crippen LogP contribution is -2.50. The van der Waals surface area contributed by atoms with Crippen LogP contribution in [0.4, 0.5) is 16.2 Å². The molecule has 1 N–H and O–H groups in total. The van der Waals surface area contributed by atoms with Gasteiger partial charge in [0.25, 0.3) is 0 Å². The van der Waals surface area contributed by atoms with Crippen LogP contribution in [0.5, 0.6) is 0 Å². The number of anilines is 2. The summed E-state index contributed by atoms with van der Waals surface area (Å²) in [6.45, 7) is 5.42. The summed E-state index contributed by atoms with van der Waals surface area (Å²) in [7, 11) is 0. The Balaban J connectivity index is 1.59. The van der Waals surface area contributed by atoms with Crippen LogP contribution in [-0.2, 0) is 6.42 Å². The molecule has 1 aliphatic rings. The first-order chi connectivity index (χ1) is 11.3. The van der Waals surface area contributed by atoms with Crippen molar-refractivity contribution >= 4 is 17.4 Å². The van der Waals surface area contributed by atoms with Crippen molar-refractivity contribution in [3.8, 4) is 0 Å². The molecule has 4 heteroatoms. The summed E-state index contributed by atoms with van der Waals surface area (Å²) < 4.78 is 0. The fourth-order valence-electron chi connectivity index (χ4n) is 2.99. The van der Waals surface area contributed by atoms with Gasteiger partial charge in [-0.25, -0.2) is 4.79 Å². The first-order valence-electron chi connectivity index (χ1n) is 8.21. The predicted octanol–water partition coefficient (Wildman–Crippen LogP) is 3.60. The summed E-state index contributed by atoms with van der Waals surface area (Å²) in [6, 6.07) is 18.1. The Hall–Kier alpha value is -2.49. The van der Waals surface area contributed by atoms with E-state index in [1.54, 1.807) is 0 Å². The van der Waals surface area contributed by atoms with Crippen LogP contribution in [0.15, 0.2) is 54.6 Å². The zero-order valence-electron chi connectivity index (χ0n) is 13.5. The molecule has 1 aliphatic heterocycles. The molecule has 2 aromatic rings. The minimum atomic E-state index is -0.0142. The molecule has 0 radical (unpaired) electrons. The van der Waals surface area contributed by atoms with Gasteiger partial charge in [-0.05, 0) is 30.2 Å². The lowest BCUT2D eigenvalue weighted by molar-refractivity contribution is 0.208. The third-order valence-electron chi connectivity index (χ3n) is 4.31. The highest BCUT2D eigenvalue weighted by Crippen LogP contribution is 2.22. The second kappa shape index (κ2) is 7.18. The molecular formula is C19H23N3O. The maximum Gasteiger partial charge on any atom is 0.321 e. The number of rotatable bonds is 3. The average Bonchev–Trinajstić information content (AvgIpc) is 2.62. The van der Waals surface area contributed by atoms with Crippen molar-refractivity contribution < 1.29 is 4.79 Å². The Morgan fingerprint density at radius 2 is 1.61 bits per heavy atom. The van der Waals surface area contributed by atoms with Crippen LogP contribution < -0.4 is 10.2 Å². The van der Waals surface area contributed by atoms with Crippen LogP contribution >= 0.6 is 0 Å². The number of urea groups is 1. The maximum atomic E-state index is 12.3. The molecule has 2 aromatic carbocycles. The minimum absolute atomic E-state index is 0.0142. The van der Waals surface area contributed by atoms with E-state index in [1.807, 2.05) is 35.2 Å². The number of para-hydroxylation sites is 2. The molecule has 3 rings (SSSR count). The van der Waals surface area contributed by atoms with Gasteiger partial charge in [0, 0.05) is 37.6 Å². The van der Waals surface area contributed by atoms with E-state index in [2.05, 4.69) is 41.4 Å². The van der Waals surface area contributed by atoms with E-state index in [0.717, 1.165) is 38.3 Å². The molecular weight excluding hydrogens is 286 g/mol. The first kappa shape index (κ1) is 15.4. The van der Waals surface area contributed by atoms with Crippen molar-refractivity contribution in [1.82, 2.24) is 4.90 Å². The minimum Gasteiger partial charge on any atom is -0.368 e. The van der Waals surface area contributed by atoms with Crippen LogP contribution in [-0.4, -0.2) is 37.1 Å². The van der Waals surface area contributed by atoms with Gasteiger partial charge in [0.15, 0.2) is 0 Å². The second-order valence-electron chi connectivity index (χ2n) is 5.75. The van der Waals surface area contributed by atoms with Gasteiger partial charge in [-0.15, -0.1) is 0 Å². The van der Waals surface area contributed by atoms with Crippen LogP contribution in [0, 0.1) is 0 Å². The highest BCUT2D eigenvalue weighted by Gasteiger charge is 2.22. The molecule has 1 heterocycles. The molecule has 0 aromatic heterocycles. The first-order valence-corrected chi connectivity index (χ1v) is 8.21. The molecule has 0 unspecified atom stereocenters. The Morgan fingerprint density at radius 1 is 0.957 bits per heavy atom. The monoisotopic (exact) mass is 309 g/mol. The SMILES string of the molecule is CCc1ccccc1N1CCN(C(=O)Nc2ccccc2)CC1. The highest BCUT2D eigenvalue weighted by molar-refractivity contribution is 5.89. The number of nitrogens with one attached hydrogen (secondary N) is 1. The normalized spacial score (nSPS) is 14.7. The maximum absolute atomic E-state index is 12.3. The van der Waals surface area contributed by atoms with Crippen LogP contribution in [0.25, 0.3) is 0 Å². The quantitative estimate of drug-likeness (QED) is 0.940. The van der Waals surface area contributed by atoms with Crippen LogP contribution in [0.2, 0.25) is 0 Å². The standard InChI is InChI=1S/C19H23N3O/c1-2-16-8-6-7-11-18(16)21-12-14-22(15-13-21)19(23)20-17-9-4-3-5-10-17/h3-11H,2,12-15H2,1H3,(H,20,23). The van der Waals surface area contributed by atoms with E-state index in [9.17, 15) is 4.79 Å². The summed E-state index contributed by atoms with van der Waals surface area (Å²) in [5.41, 5.74) is 3.52. The van der Waals surface area contributed by atoms with Crippen molar-refractivity contribution in [2.24, 2.45) is 0 Å². The smallest absolute Gasteiger partial charge is 0.321 e. The van der Waals surface area contributed by atoms with Gasteiger partial charge in [-0.2, -0.15) is 0 Å². The van der Waals surface area contributed by atoms with E-state index in [-0.39, 0.29) is 6.03 Å². The topological polar surface area (TPSA) is 35.6 Å². The van der Waals surface area contributed by atoms with Crippen LogP contribution in [0.3, 0.4) is 0 Å². The van der Waals surface area contributed by atoms with E-state index in [4.69, 9.17) is 0 Å². The molecule has 0 spiro atoms. The van der Waals surface area contributed by atoms with Crippen molar-refractivity contribution in [2.45, 2.75) is 13.3 Å². The van der Waals surface area contributed by atoms with E-state index >= 15 is 0 Å². The Labute approximate surface area is 137 Å². The predicted molar refractivity (Wildman–Crippen MR) is 95.1 cm³/mol. The third-order valence-corrected chi connectivity index (χ3v) is 4.31. The average molecular weight is 309 g/mol. The fraction of sp³-hybridized carbons (Fsp3) is 0.316. The second-order valence-corrected chi connectivity index (χ2v) is 5.75. The summed E-state index contributed by atoms with van der Waals surface area (Å²) >= 11 is 0. The number of carbonyl (C=O) groups excluding carboxylic acids is 1. The third kappa shape index (κ3) is 3.65. The van der Waals surface area contributed by atoms with E-state index in [0.29, 0.717) is 0 Å². The number of piperazine rings is 1. The number of nitrogens with zero attached hydrogens (tertiary/aromatic N) is 2. The fourth-order valence-corrected chi connectivity index (χ4v) is 2.99. The zero-order valence-corrected chi connectivity index (χ0v) is 13.5. The molecule has 0 bridgehead atoms. The Bertz CT molecular complexity index is 649.